The number of hydrogen-bond acceptors (Lipinski definition) is 3. The minimum Gasteiger partial charge on any atom is -0.438 e. The molecule has 1 N–H and O–H groups in total. The van der Waals surface area contributed by atoms with Gasteiger partial charge < -0.3 is 9.73 Å². The lowest BCUT2D eigenvalue weighted by atomic mass is 10.1. The molecule has 0 saturated heterocycles. The largest absolute Gasteiger partial charge is 0.438 e. The number of hydrogen-bond donors (Lipinski definition) is 1. The first-order chi connectivity index (χ1) is 9.31. The van der Waals surface area contributed by atoms with Gasteiger partial charge in [0.2, 0.25) is 5.89 Å². The lowest BCUT2D eigenvalue weighted by molar-refractivity contribution is 0.496. The average Bonchev–Trinajstić information content (AvgIpc) is 3.02. The van der Waals surface area contributed by atoms with E-state index >= 15 is 0 Å². The first-order valence-electron chi connectivity index (χ1n) is 6.52. The summed E-state index contributed by atoms with van der Waals surface area (Å²) >= 11 is 0. The van der Waals surface area contributed by atoms with E-state index in [1.54, 1.807) is 0 Å². The number of benzene rings is 2. The van der Waals surface area contributed by atoms with Crippen molar-refractivity contribution in [1.82, 2.24) is 4.98 Å². The van der Waals surface area contributed by atoms with Gasteiger partial charge in [0.1, 0.15) is 11.6 Å². The van der Waals surface area contributed by atoms with Crippen LogP contribution in [-0.4, -0.2) is 4.98 Å². The van der Waals surface area contributed by atoms with Crippen LogP contribution in [0.1, 0.15) is 23.1 Å². The molecule has 1 aliphatic heterocycles. The van der Waals surface area contributed by atoms with Gasteiger partial charge in [-0.1, -0.05) is 30.3 Å². The Balaban J connectivity index is 1.75. The third-order valence-electron chi connectivity index (χ3n) is 3.70. The molecule has 3 aromatic rings. The number of rotatable bonds is 1. The SMILES string of the molecule is Cc1cccc2nc(C3Cc4ccccc4N3)oc12. The van der Waals surface area contributed by atoms with E-state index in [1.807, 2.05) is 31.2 Å². The van der Waals surface area contributed by atoms with E-state index in [1.165, 1.54) is 11.3 Å². The van der Waals surface area contributed by atoms with Gasteiger partial charge in [-0.05, 0) is 30.2 Å². The highest BCUT2D eigenvalue weighted by Gasteiger charge is 2.25. The zero-order valence-corrected chi connectivity index (χ0v) is 10.7. The van der Waals surface area contributed by atoms with Crippen molar-refractivity contribution in [1.29, 1.82) is 0 Å². The van der Waals surface area contributed by atoms with Crippen molar-refractivity contribution in [2.45, 2.75) is 19.4 Å². The molecule has 1 aliphatic rings. The standard InChI is InChI=1S/C16H14N2O/c1-10-5-4-8-13-15(10)19-16(18-13)14-9-11-6-2-3-7-12(11)17-14/h2-8,14,17H,9H2,1H3. The minimum absolute atomic E-state index is 0.143. The molecule has 1 aromatic heterocycles. The topological polar surface area (TPSA) is 38.1 Å². The fraction of sp³-hybridized carbons (Fsp3) is 0.188. The number of aryl methyl sites for hydroxylation is 1. The third kappa shape index (κ3) is 1.62. The van der Waals surface area contributed by atoms with Gasteiger partial charge in [0, 0.05) is 12.1 Å². The Morgan fingerprint density at radius 1 is 1.16 bits per heavy atom. The molecule has 3 heteroatoms. The highest BCUT2D eigenvalue weighted by molar-refractivity contribution is 5.76. The van der Waals surface area contributed by atoms with Gasteiger partial charge in [0.05, 0.1) is 0 Å². The maximum atomic E-state index is 5.94. The zero-order valence-electron chi connectivity index (χ0n) is 10.7. The van der Waals surface area contributed by atoms with Gasteiger partial charge in [0.25, 0.3) is 0 Å². The predicted molar refractivity (Wildman–Crippen MR) is 75.3 cm³/mol. The first kappa shape index (κ1) is 10.6. The van der Waals surface area contributed by atoms with Gasteiger partial charge in [-0.25, -0.2) is 4.98 Å². The molecule has 0 saturated carbocycles. The predicted octanol–water partition coefficient (Wildman–Crippen LogP) is 3.85. The van der Waals surface area contributed by atoms with Crippen molar-refractivity contribution in [3.05, 3.63) is 59.5 Å². The smallest absolute Gasteiger partial charge is 0.218 e. The van der Waals surface area contributed by atoms with Crippen LogP contribution in [0.25, 0.3) is 11.1 Å². The fourth-order valence-electron chi connectivity index (χ4n) is 2.70. The first-order valence-corrected chi connectivity index (χ1v) is 6.52. The Hall–Kier alpha value is -2.29. The van der Waals surface area contributed by atoms with Crippen LogP contribution in [0.2, 0.25) is 0 Å². The van der Waals surface area contributed by atoms with Crippen molar-refractivity contribution >= 4 is 16.8 Å². The van der Waals surface area contributed by atoms with Crippen LogP contribution in [0.15, 0.2) is 46.9 Å². The summed E-state index contributed by atoms with van der Waals surface area (Å²) in [6.45, 7) is 2.05. The molecule has 1 atom stereocenters. The maximum absolute atomic E-state index is 5.94. The number of aromatic nitrogens is 1. The second-order valence-electron chi connectivity index (χ2n) is 5.03. The summed E-state index contributed by atoms with van der Waals surface area (Å²) in [5.41, 5.74) is 5.48. The molecule has 0 aliphatic carbocycles. The van der Waals surface area contributed by atoms with E-state index in [0.29, 0.717) is 0 Å². The molecular formula is C16H14N2O. The number of oxazole rings is 1. The highest BCUT2D eigenvalue weighted by Crippen LogP contribution is 2.34. The van der Waals surface area contributed by atoms with Gasteiger partial charge in [-0.15, -0.1) is 0 Å². The molecule has 0 bridgehead atoms. The van der Waals surface area contributed by atoms with Crippen molar-refractivity contribution < 1.29 is 4.42 Å². The van der Waals surface area contributed by atoms with Crippen LogP contribution < -0.4 is 5.32 Å². The Morgan fingerprint density at radius 3 is 2.89 bits per heavy atom. The number of nitrogens with one attached hydrogen (secondary N) is 1. The van der Waals surface area contributed by atoms with Gasteiger partial charge >= 0.3 is 0 Å². The second kappa shape index (κ2) is 3.85. The van der Waals surface area contributed by atoms with Crippen LogP contribution >= 0.6 is 0 Å². The summed E-state index contributed by atoms with van der Waals surface area (Å²) < 4.78 is 5.94. The van der Waals surface area contributed by atoms with Crippen LogP contribution in [0.3, 0.4) is 0 Å². The van der Waals surface area contributed by atoms with Gasteiger partial charge in [-0.2, -0.15) is 0 Å². The molecule has 0 spiro atoms. The van der Waals surface area contributed by atoms with E-state index in [4.69, 9.17) is 4.42 Å². The second-order valence-corrected chi connectivity index (χ2v) is 5.03. The van der Waals surface area contributed by atoms with Crippen molar-refractivity contribution in [2.75, 3.05) is 5.32 Å². The van der Waals surface area contributed by atoms with Crippen LogP contribution in [0.4, 0.5) is 5.69 Å². The van der Waals surface area contributed by atoms with E-state index in [2.05, 4.69) is 28.5 Å². The van der Waals surface area contributed by atoms with E-state index in [9.17, 15) is 0 Å². The molecule has 0 amide bonds. The monoisotopic (exact) mass is 250 g/mol. The van der Waals surface area contributed by atoms with E-state index < -0.39 is 0 Å². The molecule has 1 unspecified atom stereocenters. The van der Waals surface area contributed by atoms with E-state index in [-0.39, 0.29) is 6.04 Å². The molecular weight excluding hydrogens is 236 g/mol. The normalized spacial score (nSPS) is 17.4. The van der Waals surface area contributed by atoms with Crippen LogP contribution in [0, 0.1) is 6.92 Å². The Kier molecular flexibility index (Phi) is 2.15. The Labute approximate surface area is 111 Å². The van der Waals surface area contributed by atoms with Crippen molar-refractivity contribution in [3.8, 4) is 0 Å². The fourth-order valence-corrected chi connectivity index (χ4v) is 2.70. The van der Waals surface area contributed by atoms with Crippen molar-refractivity contribution in [2.24, 2.45) is 0 Å². The summed E-state index contributed by atoms with van der Waals surface area (Å²) in [6, 6.07) is 14.6. The van der Waals surface area contributed by atoms with Gasteiger partial charge in [0.15, 0.2) is 5.58 Å². The zero-order chi connectivity index (χ0) is 12.8. The molecule has 3 nitrogen and oxygen atoms in total. The molecule has 4 rings (SSSR count). The summed E-state index contributed by atoms with van der Waals surface area (Å²) in [6.07, 6.45) is 0.933. The lowest BCUT2D eigenvalue weighted by Gasteiger charge is -2.05. The minimum atomic E-state index is 0.143. The molecule has 19 heavy (non-hydrogen) atoms. The van der Waals surface area contributed by atoms with Gasteiger partial charge in [-0.3, -0.25) is 0 Å². The average molecular weight is 250 g/mol. The lowest BCUT2D eigenvalue weighted by Crippen LogP contribution is -2.05. The Morgan fingerprint density at radius 2 is 2.05 bits per heavy atom. The van der Waals surface area contributed by atoms with Crippen LogP contribution in [-0.2, 0) is 6.42 Å². The summed E-state index contributed by atoms with van der Waals surface area (Å²) in [5, 5.41) is 3.47. The number of fused-ring (bicyclic) bond motifs is 2. The van der Waals surface area contributed by atoms with E-state index in [0.717, 1.165) is 29.0 Å². The number of anilines is 1. The highest BCUT2D eigenvalue weighted by atomic mass is 16.3. The molecule has 2 aromatic carbocycles. The molecule has 0 radical (unpaired) electrons. The maximum Gasteiger partial charge on any atom is 0.218 e. The van der Waals surface area contributed by atoms with Crippen LogP contribution in [0.5, 0.6) is 0 Å². The number of para-hydroxylation sites is 2. The summed E-state index contributed by atoms with van der Waals surface area (Å²) in [4.78, 5) is 4.61. The molecule has 0 fully saturated rings. The number of nitrogens with zero attached hydrogens (tertiary/aromatic N) is 1. The molecule has 94 valence electrons. The quantitative estimate of drug-likeness (QED) is 0.713. The Bertz CT molecular complexity index is 735. The van der Waals surface area contributed by atoms with Crippen molar-refractivity contribution in [3.63, 3.8) is 0 Å². The summed E-state index contributed by atoms with van der Waals surface area (Å²) in [7, 11) is 0. The third-order valence-corrected chi connectivity index (χ3v) is 3.70. The summed E-state index contributed by atoms with van der Waals surface area (Å²) in [5.74, 6) is 0.778. The molecule has 2 heterocycles.